The second kappa shape index (κ2) is 6.29. The first-order valence-electron chi connectivity index (χ1n) is 5.67. The van der Waals surface area contributed by atoms with Crippen LogP contribution >= 0.6 is 11.3 Å². The van der Waals surface area contributed by atoms with Gasteiger partial charge in [0.15, 0.2) is 0 Å². The molecule has 1 unspecified atom stereocenters. The highest BCUT2D eigenvalue weighted by Gasteiger charge is 2.12. The molecule has 1 atom stereocenters. The van der Waals surface area contributed by atoms with Crippen LogP contribution in [0.15, 0.2) is 5.38 Å². The van der Waals surface area contributed by atoms with Gasteiger partial charge in [0.25, 0.3) is 0 Å². The summed E-state index contributed by atoms with van der Waals surface area (Å²) in [6.45, 7) is 3.78. The largest absolute Gasteiger partial charge is 0.348 e. The molecule has 0 saturated carbocycles. The summed E-state index contributed by atoms with van der Waals surface area (Å²) >= 11 is 1.54. The Morgan fingerprint density at radius 2 is 2.22 bits per heavy atom. The lowest BCUT2D eigenvalue weighted by Crippen LogP contribution is -2.27. The molecular weight excluding hydrogens is 272 g/mol. The van der Waals surface area contributed by atoms with Crippen LogP contribution in [0.1, 0.15) is 36.5 Å². The summed E-state index contributed by atoms with van der Waals surface area (Å²) in [6, 6.07) is -0.138. The first-order chi connectivity index (χ1) is 8.28. The minimum Gasteiger partial charge on any atom is -0.348 e. The SMILES string of the molecule is Cc1nc(C(C)NC(=O)CCCS(C)(=O)=O)cs1. The van der Waals surface area contributed by atoms with E-state index in [1.165, 1.54) is 17.6 Å². The van der Waals surface area contributed by atoms with Crippen LogP contribution in [0.4, 0.5) is 0 Å². The number of aromatic nitrogens is 1. The zero-order chi connectivity index (χ0) is 13.8. The molecule has 0 aliphatic carbocycles. The van der Waals surface area contributed by atoms with Crippen molar-refractivity contribution in [3.8, 4) is 0 Å². The fraction of sp³-hybridized carbons (Fsp3) is 0.636. The third-order valence-corrected chi connectivity index (χ3v) is 4.20. The van der Waals surface area contributed by atoms with Gasteiger partial charge in [-0.05, 0) is 20.3 Å². The predicted molar refractivity (Wildman–Crippen MR) is 72.4 cm³/mol. The lowest BCUT2D eigenvalue weighted by atomic mass is 10.2. The average Bonchev–Trinajstić information content (AvgIpc) is 2.62. The molecule has 0 aliphatic rings. The number of carbonyl (C=O) groups excluding carboxylic acids is 1. The molecular formula is C11H18N2O3S2. The summed E-state index contributed by atoms with van der Waals surface area (Å²) in [7, 11) is -2.99. The van der Waals surface area contributed by atoms with Crippen LogP contribution < -0.4 is 5.32 Å². The number of aryl methyl sites for hydroxylation is 1. The second-order valence-electron chi connectivity index (χ2n) is 4.31. The van der Waals surface area contributed by atoms with Gasteiger partial charge in [0.2, 0.25) is 5.91 Å². The maximum Gasteiger partial charge on any atom is 0.220 e. The fourth-order valence-electron chi connectivity index (χ4n) is 1.46. The Hall–Kier alpha value is -0.950. The molecule has 7 heteroatoms. The maximum absolute atomic E-state index is 11.6. The quantitative estimate of drug-likeness (QED) is 0.860. The Morgan fingerprint density at radius 3 is 2.72 bits per heavy atom. The summed E-state index contributed by atoms with van der Waals surface area (Å²) < 4.78 is 21.8. The van der Waals surface area contributed by atoms with E-state index in [4.69, 9.17) is 0 Å². The van der Waals surface area contributed by atoms with Crippen molar-refractivity contribution in [2.45, 2.75) is 32.7 Å². The van der Waals surface area contributed by atoms with E-state index in [9.17, 15) is 13.2 Å². The van der Waals surface area contributed by atoms with E-state index in [1.807, 2.05) is 19.2 Å². The van der Waals surface area contributed by atoms with Crippen molar-refractivity contribution in [3.05, 3.63) is 16.1 Å². The molecule has 1 rings (SSSR count). The van der Waals surface area contributed by atoms with Crippen LogP contribution in [0.3, 0.4) is 0 Å². The lowest BCUT2D eigenvalue weighted by molar-refractivity contribution is -0.121. The molecule has 0 fully saturated rings. The molecule has 0 spiro atoms. The zero-order valence-corrected chi connectivity index (χ0v) is 12.4. The first kappa shape index (κ1) is 15.1. The van der Waals surface area contributed by atoms with Gasteiger partial charge in [-0.1, -0.05) is 0 Å². The molecule has 0 bridgehead atoms. The smallest absolute Gasteiger partial charge is 0.220 e. The van der Waals surface area contributed by atoms with E-state index in [2.05, 4.69) is 10.3 Å². The number of carbonyl (C=O) groups is 1. The monoisotopic (exact) mass is 290 g/mol. The number of nitrogens with zero attached hydrogens (tertiary/aromatic N) is 1. The molecule has 18 heavy (non-hydrogen) atoms. The molecule has 1 amide bonds. The molecule has 1 aromatic heterocycles. The van der Waals surface area contributed by atoms with E-state index in [0.29, 0.717) is 6.42 Å². The Labute approximate surface area is 112 Å². The van der Waals surface area contributed by atoms with Crippen molar-refractivity contribution >= 4 is 27.1 Å². The molecule has 0 radical (unpaired) electrons. The summed E-state index contributed by atoms with van der Waals surface area (Å²) in [6.07, 6.45) is 1.75. The van der Waals surface area contributed by atoms with Crippen molar-refractivity contribution in [1.29, 1.82) is 0 Å². The van der Waals surface area contributed by atoms with Crippen LogP contribution in [0, 0.1) is 6.92 Å². The van der Waals surface area contributed by atoms with Crippen molar-refractivity contribution in [2.24, 2.45) is 0 Å². The first-order valence-corrected chi connectivity index (χ1v) is 8.61. The minimum atomic E-state index is -2.99. The van der Waals surface area contributed by atoms with Gasteiger partial charge >= 0.3 is 0 Å². The third-order valence-electron chi connectivity index (χ3n) is 2.38. The fourth-order valence-corrected chi connectivity index (χ4v) is 2.84. The van der Waals surface area contributed by atoms with E-state index in [1.54, 1.807) is 0 Å². The van der Waals surface area contributed by atoms with Gasteiger partial charge in [0, 0.05) is 18.1 Å². The van der Waals surface area contributed by atoms with E-state index in [-0.39, 0.29) is 24.1 Å². The van der Waals surface area contributed by atoms with Crippen LogP contribution in [-0.4, -0.2) is 31.3 Å². The Kier molecular flexibility index (Phi) is 5.28. The van der Waals surface area contributed by atoms with Gasteiger partial charge < -0.3 is 5.32 Å². The highest BCUT2D eigenvalue weighted by Crippen LogP contribution is 2.15. The number of nitrogens with one attached hydrogen (secondary N) is 1. The number of amides is 1. The van der Waals surface area contributed by atoms with Crippen molar-refractivity contribution in [1.82, 2.24) is 10.3 Å². The van der Waals surface area contributed by atoms with Crippen LogP contribution in [0.25, 0.3) is 0 Å². The van der Waals surface area contributed by atoms with E-state index in [0.717, 1.165) is 10.7 Å². The van der Waals surface area contributed by atoms with Gasteiger partial charge in [-0.2, -0.15) is 0 Å². The van der Waals surface area contributed by atoms with Gasteiger partial charge in [-0.3, -0.25) is 4.79 Å². The highest BCUT2D eigenvalue weighted by molar-refractivity contribution is 7.90. The molecule has 1 heterocycles. The maximum atomic E-state index is 11.6. The summed E-state index contributed by atoms with van der Waals surface area (Å²) in [4.78, 5) is 15.9. The molecule has 0 saturated heterocycles. The molecule has 102 valence electrons. The summed E-state index contributed by atoms with van der Waals surface area (Å²) in [5.41, 5.74) is 0.842. The topological polar surface area (TPSA) is 76.1 Å². The Bertz CT molecular complexity index is 508. The summed E-state index contributed by atoms with van der Waals surface area (Å²) in [5.74, 6) is -0.0956. The average molecular weight is 290 g/mol. The number of hydrogen-bond donors (Lipinski definition) is 1. The van der Waals surface area contributed by atoms with Crippen molar-refractivity contribution in [2.75, 3.05) is 12.0 Å². The Balaban J connectivity index is 2.36. The molecule has 0 aromatic carbocycles. The summed E-state index contributed by atoms with van der Waals surface area (Å²) in [5, 5.41) is 5.68. The van der Waals surface area contributed by atoms with Gasteiger partial charge in [-0.15, -0.1) is 11.3 Å². The van der Waals surface area contributed by atoms with Crippen molar-refractivity contribution in [3.63, 3.8) is 0 Å². The van der Waals surface area contributed by atoms with Gasteiger partial charge in [0.1, 0.15) is 9.84 Å². The third kappa shape index (κ3) is 5.59. The minimum absolute atomic E-state index is 0.0462. The number of sulfone groups is 1. The van der Waals surface area contributed by atoms with Crippen molar-refractivity contribution < 1.29 is 13.2 Å². The molecule has 0 aliphatic heterocycles. The number of thiazole rings is 1. The van der Waals surface area contributed by atoms with Gasteiger partial charge in [0.05, 0.1) is 22.5 Å². The van der Waals surface area contributed by atoms with E-state index < -0.39 is 9.84 Å². The van der Waals surface area contributed by atoms with Crippen LogP contribution in [0.2, 0.25) is 0 Å². The predicted octanol–water partition coefficient (Wildman–Crippen LogP) is 1.45. The number of rotatable bonds is 6. The standard InChI is InChI=1S/C11H18N2O3S2/c1-8(10-7-17-9(2)13-10)12-11(14)5-4-6-18(3,15)16/h7-8H,4-6H2,1-3H3,(H,12,14). The van der Waals surface area contributed by atoms with E-state index >= 15 is 0 Å². The lowest BCUT2D eigenvalue weighted by Gasteiger charge is -2.11. The molecule has 1 aromatic rings. The molecule has 5 nitrogen and oxygen atoms in total. The Morgan fingerprint density at radius 1 is 1.56 bits per heavy atom. The van der Waals surface area contributed by atoms with Gasteiger partial charge in [-0.25, -0.2) is 13.4 Å². The highest BCUT2D eigenvalue weighted by atomic mass is 32.2. The zero-order valence-electron chi connectivity index (χ0n) is 10.8. The molecule has 1 N–H and O–H groups in total. The van der Waals surface area contributed by atoms with Crippen LogP contribution in [0.5, 0.6) is 0 Å². The second-order valence-corrected chi connectivity index (χ2v) is 7.64. The number of hydrogen-bond acceptors (Lipinski definition) is 5. The van der Waals surface area contributed by atoms with Crippen LogP contribution in [-0.2, 0) is 14.6 Å². The normalized spacial score (nSPS) is 13.3.